The van der Waals surface area contributed by atoms with Gasteiger partial charge in [0.05, 0.1) is 21.3 Å². The third kappa shape index (κ3) is 5.17. The minimum atomic E-state index is -2.03. The molecule has 50 heavy (non-hydrogen) atoms. The number of aliphatic hydroxyl groups excluding tert-OH is 1. The lowest BCUT2D eigenvalue weighted by Gasteiger charge is -2.52. The van der Waals surface area contributed by atoms with Crippen molar-refractivity contribution in [3.63, 3.8) is 0 Å². The largest absolute Gasteiger partial charge is 0.507 e. The van der Waals surface area contributed by atoms with Crippen LogP contribution in [0.3, 0.4) is 0 Å². The Hall–Kier alpha value is -4.45. The number of likely N-dealkylation sites (tertiary alicyclic amines) is 1. The van der Waals surface area contributed by atoms with E-state index >= 15 is 0 Å². The predicted molar refractivity (Wildman–Crippen MR) is 180 cm³/mol. The van der Waals surface area contributed by atoms with Gasteiger partial charge < -0.3 is 39.0 Å². The summed E-state index contributed by atoms with van der Waals surface area (Å²) >= 11 is 6.63. The molecule has 1 spiro atoms. The number of phenols is 1. The monoisotopic (exact) mass is 708 g/mol. The Balaban J connectivity index is 1.30. The first-order valence-electron chi connectivity index (χ1n) is 17.0. The summed E-state index contributed by atoms with van der Waals surface area (Å²) in [5, 5.41) is 22.7. The molecule has 2 unspecified atom stereocenters. The molecule has 2 N–H and O–H groups in total. The third-order valence-corrected chi connectivity index (χ3v) is 11.7. The first kappa shape index (κ1) is 34.0. The molecule has 1 aliphatic carbocycles. The van der Waals surface area contributed by atoms with E-state index in [4.69, 9.17) is 30.5 Å². The second-order valence-electron chi connectivity index (χ2n) is 14.1. The molecule has 2 bridgehead atoms. The van der Waals surface area contributed by atoms with Crippen molar-refractivity contribution >= 4 is 35.0 Å². The van der Waals surface area contributed by atoms with Gasteiger partial charge in [0, 0.05) is 68.4 Å². The normalized spacial score (nSPS) is 27.9. The lowest BCUT2D eigenvalue weighted by molar-refractivity contribution is -0.148. The van der Waals surface area contributed by atoms with E-state index < -0.39 is 34.8 Å². The van der Waals surface area contributed by atoms with Gasteiger partial charge in [0.2, 0.25) is 23.2 Å². The van der Waals surface area contributed by atoms with Gasteiger partial charge in [0.15, 0.2) is 28.8 Å². The average molecular weight is 709 g/mol. The summed E-state index contributed by atoms with van der Waals surface area (Å²) in [6.07, 6.45) is 2.87. The number of aliphatic hydroxyl groups is 1. The Morgan fingerprint density at radius 2 is 1.78 bits per heavy atom. The van der Waals surface area contributed by atoms with Crippen LogP contribution in [-0.4, -0.2) is 96.0 Å². The fraction of sp³-hybridized carbons (Fsp3) is 0.514. The molecule has 0 aromatic heterocycles. The van der Waals surface area contributed by atoms with Crippen LogP contribution in [0.1, 0.15) is 67.3 Å². The zero-order valence-electron chi connectivity index (χ0n) is 28.5. The van der Waals surface area contributed by atoms with E-state index in [0.717, 1.165) is 19.3 Å². The SMILES string of the molecule is COc1cc(C(CC(=O)N2C[C@H]3C[C@@H](C2)C2CCCC(=O)N2C3)C2=C(O)[C@@]3(Oc4c(Cl)c(OC)cc(OC)c4C3=O)[C@H](C)CC2=O)ccc1O. The lowest BCUT2D eigenvalue weighted by Crippen LogP contribution is -2.61. The summed E-state index contributed by atoms with van der Waals surface area (Å²) in [5.74, 6) is -3.03. The maximum absolute atomic E-state index is 14.4. The number of ether oxygens (including phenoxy) is 4. The highest BCUT2D eigenvalue weighted by atomic mass is 35.5. The van der Waals surface area contributed by atoms with Gasteiger partial charge in [-0.1, -0.05) is 24.6 Å². The number of halogens is 1. The molecule has 3 saturated heterocycles. The maximum Gasteiger partial charge on any atom is 0.231 e. The van der Waals surface area contributed by atoms with Crippen LogP contribution in [0.5, 0.6) is 28.7 Å². The number of rotatable bonds is 7. The molecule has 12 nitrogen and oxygen atoms in total. The van der Waals surface area contributed by atoms with Crippen molar-refractivity contribution in [2.45, 2.75) is 63.0 Å². The maximum atomic E-state index is 14.4. The highest BCUT2D eigenvalue weighted by Crippen LogP contribution is 2.56. The van der Waals surface area contributed by atoms with Crippen molar-refractivity contribution in [1.29, 1.82) is 0 Å². The molecule has 13 heteroatoms. The van der Waals surface area contributed by atoms with Crippen LogP contribution in [0.4, 0.5) is 0 Å². The number of nitrogens with zero attached hydrogens (tertiary/aromatic N) is 2. The summed E-state index contributed by atoms with van der Waals surface area (Å²) in [6.45, 7) is 3.20. The Labute approximate surface area is 294 Å². The number of methoxy groups -OCH3 is 3. The van der Waals surface area contributed by atoms with Crippen molar-refractivity contribution < 1.29 is 48.3 Å². The lowest BCUT2D eigenvalue weighted by atomic mass is 9.69. The first-order valence-corrected chi connectivity index (χ1v) is 17.4. The number of piperidine rings is 3. The van der Waals surface area contributed by atoms with Crippen LogP contribution < -0.4 is 18.9 Å². The topological polar surface area (TPSA) is 152 Å². The molecule has 2 amide bonds. The van der Waals surface area contributed by atoms with Crippen molar-refractivity contribution in [2.24, 2.45) is 17.8 Å². The number of carbonyl (C=O) groups excluding carboxylic acids is 4. The van der Waals surface area contributed by atoms with Gasteiger partial charge in [-0.2, -0.15) is 0 Å². The predicted octanol–water partition coefficient (Wildman–Crippen LogP) is 4.84. The van der Waals surface area contributed by atoms with Crippen molar-refractivity contribution in [2.75, 3.05) is 41.0 Å². The second-order valence-corrected chi connectivity index (χ2v) is 14.5. The summed E-state index contributed by atoms with van der Waals surface area (Å²) in [6, 6.07) is 6.06. The van der Waals surface area contributed by atoms with E-state index in [1.807, 2.05) is 9.80 Å². The minimum absolute atomic E-state index is 0.0100. The van der Waals surface area contributed by atoms with Gasteiger partial charge in [0.1, 0.15) is 22.1 Å². The van der Waals surface area contributed by atoms with E-state index in [-0.39, 0.29) is 87.4 Å². The van der Waals surface area contributed by atoms with Crippen LogP contribution in [-0.2, 0) is 14.4 Å². The average Bonchev–Trinajstić information content (AvgIpc) is 3.42. The van der Waals surface area contributed by atoms with E-state index in [0.29, 0.717) is 31.6 Å². The number of fused-ring (bicyclic) bond motifs is 5. The van der Waals surface area contributed by atoms with E-state index in [1.54, 1.807) is 13.0 Å². The quantitative estimate of drug-likeness (QED) is 0.409. The molecule has 266 valence electrons. The number of carbonyl (C=O) groups is 4. The Morgan fingerprint density at radius 3 is 2.50 bits per heavy atom. The summed E-state index contributed by atoms with van der Waals surface area (Å²) in [4.78, 5) is 59.4. The number of benzene rings is 2. The molecule has 7 rings (SSSR count). The highest BCUT2D eigenvalue weighted by Gasteiger charge is 2.61. The minimum Gasteiger partial charge on any atom is -0.507 e. The number of Topliss-reactive ketones (excluding diaryl/α,β-unsaturated/α-hetero) is 2. The fourth-order valence-corrected chi connectivity index (χ4v) is 9.22. The smallest absolute Gasteiger partial charge is 0.231 e. The van der Waals surface area contributed by atoms with Gasteiger partial charge in [-0.3, -0.25) is 19.2 Å². The number of hydrogen-bond donors (Lipinski definition) is 2. The van der Waals surface area contributed by atoms with E-state index in [1.165, 1.54) is 39.5 Å². The number of amides is 2. The van der Waals surface area contributed by atoms with Gasteiger partial charge in [0.25, 0.3) is 0 Å². The van der Waals surface area contributed by atoms with Crippen LogP contribution in [0.2, 0.25) is 5.02 Å². The van der Waals surface area contributed by atoms with E-state index in [9.17, 15) is 29.4 Å². The molecule has 2 aromatic rings. The van der Waals surface area contributed by atoms with Crippen LogP contribution in [0, 0.1) is 17.8 Å². The number of allylic oxidation sites excluding steroid dienone is 1. The Kier molecular flexibility index (Phi) is 8.64. The summed E-state index contributed by atoms with van der Waals surface area (Å²) < 4.78 is 22.6. The molecule has 4 heterocycles. The van der Waals surface area contributed by atoms with Crippen molar-refractivity contribution in [3.8, 4) is 28.7 Å². The van der Waals surface area contributed by atoms with Crippen LogP contribution in [0.15, 0.2) is 35.6 Å². The molecule has 3 fully saturated rings. The van der Waals surface area contributed by atoms with Crippen LogP contribution in [0.25, 0.3) is 0 Å². The zero-order chi connectivity index (χ0) is 35.6. The number of phenolic OH excluding ortho intramolecular Hbond substituents is 1. The standard InChI is InChI=1S/C37H41ClN2O10/c1-18-10-25(42)31(35(45)37(18)36(46)32-27(48-3)14-28(49-4)33(38)34(32)50-37)22(20-8-9-24(41)26(12-20)47-2)13-30(44)39-15-19-11-21(17-39)23-6-5-7-29(43)40(23)16-19/h8-9,12,14,18-19,21-23,41,45H,5-7,10-11,13,15-17H2,1-4H3/t18-,19-,21+,22?,23?,37+/m1/s1. The molecule has 6 atom stereocenters. The van der Waals surface area contributed by atoms with Crippen LogP contribution >= 0.6 is 11.6 Å². The molecule has 5 aliphatic rings. The molecule has 0 saturated carbocycles. The van der Waals surface area contributed by atoms with Crippen molar-refractivity contribution in [3.05, 3.63) is 51.7 Å². The van der Waals surface area contributed by atoms with Gasteiger partial charge in [-0.15, -0.1) is 0 Å². The number of aromatic hydroxyl groups is 1. The molecular weight excluding hydrogens is 668 g/mol. The van der Waals surface area contributed by atoms with Gasteiger partial charge in [-0.25, -0.2) is 0 Å². The fourth-order valence-electron chi connectivity index (χ4n) is 8.95. The highest BCUT2D eigenvalue weighted by molar-refractivity contribution is 6.35. The number of ketones is 2. The number of hydrogen-bond acceptors (Lipinski definition) is 10. The third-order valence-electron chi connectivity index (χ3n) is 11.4. The Bertz CT molecular complexity index is 1830. The van der Waals surface area contributed by atoms with E-state index in [2.05, 4.69) is 0 Å². The summed E-state index contributed by atoms with van der Waals surface area (Å²) in [7, 11) is 4.18. The molecule has 0 radical (unpaired) electrons. The molecular formula is C37H41ClN2O10. The first-order chi connectivity index (χ1) is 23.9. The van der Waals surface area contributed by atoms with Crippen molar-refractivity contribution in [1.82, 2.24) is 9.80 Å². The molecule has 4 aliphatic heterocycles. The molecule has 2 aromatic carbocycles. The van der Waals surface area contributed by atoms with Gasteiger partial charge >= 0.3 is 0 Å². The Morgan fingerprint density at radius 1 is 1.04 bits per heavy atom. The zero-order valence-corrected chi connectivity index (χ0v) is 29.2. The second kappa shape index (κ2) is 12.7. The summed E-state index contributed by atoms with van der Waals surface area (Å²) in [5.41, 5.74) is -1.72. The van der Waals surface area contributed by atoms with Gasteiger partial charge in [-0.05, 0) is 48.8 Å².